The SMILES string of the molecule is CC(C)C(C)/C=C/[C@@H](C)[C@H]1CC[C@H]2[C@@H]3CC=C4C[C@@H](OS(=O)(=O)O)CC[C@]4(C)[C@H]3CC[C@]12C. The zero-order valence-electron chi connectivity index (χ0n) is 21.6. The molecule has 0 aromatic heterocycles. The molecule has 0 bridgehead atoms. The van der Waals surface area contributed by atoms with Crippen molar-refractivity contribution in [2.45, 2.75) is 99.0 Å². The van der Waals surface area contributed by atoms with Gasteiger partial charge in [-0.3, -0.25) is 4.55 Å². The summed E-state index contributed by atoms with van der Waals surface area (Å²) in [5.41, 5.74) is 1.96. The molecule has 0 radical (unpaired) electrons. The van der Waals surface area contributed by atoms with Gasteiger partial charge in [-0.25, -0.2) is 4.18 Å². The highest BCUT2D eigenvalue weighted by molar-refractivity contribution is 7.80. The van der Waals surface area contributed by atoms with Gasteiger partial charge in [-0.1, -0.05) is 65.3 Å². The van der Waals surface area contributed by atoms with E-state index in [2.05, 4.69) is 59.8 Å². The van der Waals surface area contributed by atoms with E-state index >= 15 is 0 Å². The molecule has 0 aliphatic heterocycles. The fourth-order valence-electron chi connectivity index (χ4n) is 8.49. The lowest BCUT2D eigenvalue weighted by molar-refractivity contribution is -0.0527. The summed E-state index contributed by atoms with van der Waals surface area (Å²) in [5.74, 6) is 4.96. The zero-order chi connectivity index (χ0) is 24.2. The Bertz CT molecular complexity index is 890. The van der Waals surface area contributed by atoms with Crippen molar-refractivity contribution in [2.24, 2.45) is 52.3 Å². The second kappa shape index (κ2) is 9.09. The Kier molecular flexibility index (Phi) is 7.01. The standard InChI is InChI=1S/C28H46O4S/c1-18(2)19(3)7-8-20(4)24-11-12-25-23-10-9-21-17-22(32-33(29,30)31)13-15-27(21,5)26(23)14-16-28(24,25)6/h7-9,18-20,22-26H,10-17H2,1-6H3,(H,29,30,31)/b8-7+/t19?,20-,22+,23+,24-,25+,26+,27+,28-/m1/s1. The van der Waals surface area contributed by atoms with Crippen LogP contribution in [0.4, 0.5) is 0 Å². The van der Waals surface area contributed by atoms with Crippen molar-refractivity contribution in [3.05, 3.63) is 23.8 Å². The van der Waals surface area contributed by atoms with Crippen molar-refractivity contribution in [2.75, 3.05) is 0 Å². The predicted octanol–water partition coefficient (Wildman–Crippen LogP) is 7.24. The molecular formula is C28H46O4S. The second-order valence-corrected chi connectivity index (χ2v) is 13.8. The molecule has 0 heterocycles. The van der Waals surface area contributed by atoms with Gasteiger partial charge in [-0.05, 0) is 104 Å². The van der Waals surface area contributed by atoms with Crippen LogP contribution in [0.2, 0.25) is 0 Å². The summed E-state index contributed by atoms with van der Waals surface area (Å²) in [6.07, 6.45) is 15.7. The van der Waals surface area contributed by atoms with Crippen LogP contribution in [0.3, 0.4) is 0 Å². The smallest absolute Gasteiger partial charge is 0.264 e. The minimum atomic E-state index is -4.39. The first kappa shape index (κ1) is 25.4. The van der Waals surface area contributed by atoms with Crippen LogP contribution in [0.15, 0.2) is 23.8 Å². The Hall–Kier alpha value is -0.650. The van der Waals surface area contributed by atoms with Gasteiger partial charge in [0, 0.05) is 0 Å². The molecule has 4 nitrogen and oxygen atoms in total. The molecule has 1 unspecified atom stereocenters. The largest absolute Gasteiger partial charge is 0.397 e. The maximum absolute atomic E-state index is 11.2. The van der Waals surface area contributed by atoms with Gasteiger partial charge >= 0.3 is 10.4 Å². The fraction of sp³-hybridized carbons (Fsp3) is 0.857. The van der Waals surface area contributed by atoms with Gasteiger partial charge in [-0.15, -0.1) is 0 Å². The van der Waals surface area contributed by atoms with E-state index in [1.165, 1.54) is 31.3 Å². The van der Waals surface area contributed by atoms with Crippen LogP contribution in [-0.4, -0.2) is 19.1 Å². The molecule has 0 aromatic rings. The monoisotopic (exact) mass is 478 g/mol. The van der Waals surface area contributed by atoms with Crippen molar-refractivity contribution in [3.8, 4) is 0 Å². The van der Waals surface area contributed by atoms with Crippen molar-refractivity contribution in [1.29, 1.82) is 0 Å². The highest BCUT2D eigenvalue weighted by Crippen LogP contribution is 2.67. The Balaban J connectivity index is 1.50. The molecule has 5 heteroatoms. The molecule has 33 heavy (non-hydrogen) atoms. The second-order valence-electron chi connectivity index (χ2n) is 12.7. The van der Waals surface area contributed by atoms with Gasteiger partial charge in [0.05, 0.1) is 6.10 Å². The van der Waals surface area contributed by atoms with Crippen LogP contribution in [0.25, 0.3) is 0 Å². The van der Waals surface area contributed by atoms with E-state index in [0.717, 1.165) is 30.6 Å². The third kappa shape index (κ3) is 4.76. The molecule has 1 N–H and O–H groups in total. The summed E-state index contributed by atoms with van der Waals surface area (Å²) in [7, 11) is -4.39. The molecule has 0 aromatic carbocycles. The highest BCUT2D eigenvalue weighted by Gasteiger charge is 2.59. The van der Waals surface area contributed by atoms with E-state index in [4.69, 9.17) is 8.74 Å². The van der Waals surface area contributed by atoms with Crippen molar-refractivity contribution < 1.29 is 17.2 Å². The topological polar surface area (TPSA) is 63.6 Å². The average molecular weight is 479 g/mol. The molecular weight excluding hydrogens is 432 g/mol. The van der Waals surface area contributed by atoms with Gasteiger partial charge in [0.1, 0.15) is 0 Å². The number of rotatable bonds is 6. The molecule has 3 saturated carbocycles. The van der Waals surface area contributed by atoms with Gasteiger partial charge < -0.3 is 0 Å². The molecule has 188 valence electrons. The zero-order valence-corrected chi connectivity index (χ0v) is 22.4. The molecule has 4 rings (SSSR count). The van der Waals surface area contributed by atoms with E-state index in [9.17, 15) is 8.42 Å². The van der Waals surface area contributed by atoms with Crippen LogP contribution >= 0.6 is 0 Å². The Morgan fingerprint density at radius 2 is 1.76 bits per heavy atom. The molecule has 3 fully saturated rings. The summed E-state index contributed by atoms with van der Waals surface area (Å²) < 4.78 is 36.6. The predicted molar refractivity (Wildman–Crippen MR) is 134 cm³/mol. The van der Waals surface area contributed by atoms with Gasteiger partial charge in [0.2, 0.25) is 0 Å². The fourth-order valence-corrected chi connectivity index (χ4v) is 9.00. The first-order valence-corrected chi connectivity index (χ1v) is 14.7. The first-order valence-electron chi connectivity index (χ1n) is 13.4. The minimum Gasteiger partial charge on any atom is -0.264 e. The Morgan fingerprint density at radius 3 is 2.42 bits per heavy atom. The lowest BCUT2D eigenvalue weighted by Gasteiger charge is -2.58. The third-order valence-corrected chi connectivity index (χ3v) is 11.3. The maximum atomic E-state index is 11.2. The van der Waals surface area contributed by atoms with E-state index in [-0.39, 0.29) is 5.41 Å². The highest BCUT2D eigenvalue weighted by atomic mass is 32.3. The van der Waals surface area contributed by atoms with Crippen LogP contribution in [0, 0.1) is 52.3 Å². The van der Waals surface area contributed by atoms with Crippen LogP contribution in [0.1, 0.15) is 92.9 Å². The molecule has 0 spiro atoms. The third-order valence-electron chi connectivity index (χ3n) is 10.8. The number of allylic oxidation sites excluding steroid dienone is 3. The molecule has 4 aliphatic rings. The van der Waals surface area contributed by atoms with Crippen LogP contribution < -0.4 is 0 Å². The lowest BCUT2D eigenvalue weighted by atomic mass is 9.47. The molecule has 9 atom stereocenters. The summed E-state index contributed by atoms with van der Waals surface area (Å²) in [6, 6.07) is 0. The number of hydrogen-bond acceptors (Lipinski definition) is 3. The van der Waals surface area contributed by atoms with Crippen molar-refractivity contribution in [1.82, 2.24) is 0 Å². The Labute approximate surface area is 202 Å². The summed E-state index contributed by atoms with van der Waals surface area (Å²) >= 11 is 0. The van der Waals surface area contributed by atoms with E-state index in [1.807, 2.05) is 0 Å². The summed E-state index contributed by atoms with van der Waals surface area (Å²) in [6.45, 7) is 14.4. The van der Waals surface area contributed by atoms with Gasteiger partial charge in [-0.2, -0.15) is 8.42 Å². The van der Waals surface area contributed by atoms with E-state index < -0.39 is 16.5 Å². The molecule has 4 aliphatic carbocycles. The average Bonchev–Trinajstić information content (AvgIpc) is 3.08. The summed E-state index contributed by atoms with van der Waals surface area (Å²) in [5, 5.41) is 0. The van der Waals surface area contributed by atoms with Crippen molar-refractivity contribution in [3.63, 3.8) is 0 Å². The number of hydrogen-bond donors (Lipinski definition) is 1. The normalized spacial score (nSPS) is 43.0. The maximum Gasteiger partial charge on any atom is 0.397 e. The Morgan fingerprint density at radius 1 is 1.03 bits per heavy atom. The molecule has 0 saturated heterocycles. The van der Waals surface area contributed by atoms with Gasteiger partial charge in [0.15, 0.2) is 0 Å². The summed E-state index contributed by atoms with van der Waals surface area (Å²) in [4.78, 5) is 0. The number of fused-ring (bicyclic) bond motifs is 5. The van der Waals surface area contributed by atoms with Crippen LogP contribution in [0.5, 0.6) is 0 Å². The van der Waals surface area contributed by atoms with Gasteiger partial charge in [0.25, 0.3) is 0 Å². The van der Waals surface area contributed by atoms with E-state index in [0.29, 0.717) is 41.9 Å². The van der Waals surface area contributed by atoms with Crippen LogP contribution in [-0.2, 0) is 14.6 Å². The van der Waals surface area contributed by atoms with E-state index in [1.54, 1.807) is 0 Å². The first-order chi connectivity index (χ1) is 15.3. The lowest BCUT2D eigenvalue weighted by Crippen LogP contribution is -2.51. The minimum absolute atomic E-state index is 0.152. The quantitative estimate of drug-likeness (QED) is 0.323. The molecule has 0 amide bonds. The van der Waals surface area contributed by atoms with Crippen molar-refractivity contribution >= 4 is 10.4 Å².